The molecule has 3 rings (SSSR count). The van der Waals surface area contributed by atoms with Crippen molar-refractivity contribution in [1.29, 1.82) is 0 Å². The molecule has 1 saturated heterocycles. The fourth-order valence-electron chi connectivity index (χ4n) is 3.59. The van der Waals surface area contributed by atoms with Gasteiger partial charge in [-0.2, -0.15) is 0 Å². The summed E-state index contributed by atoms with van der Waals surface area (Å²) in [7, 11) is -4.07. The first-order chi connectivity index (χ1) is 17.3. The SMILES string of the molecule is Cc1c(OC(=O)[C@@H](N)Cc2ccc(S(N)(=O)=O)cc2F)ncnc1OC1CCN(C(=O)OC(C)C)CC1. The highest BCUT2D eigenvalue weighted by atomic mass is 32.2. The van der Waals surface area contributed by atoms with Gasteiger partial charge in [0.25, 0.3) is 0 Å². The van der Waals surface area contributed by atoms with E-state index < -0.39 is 32.7 Å². The molecule has 1 amide bonds. The summed E-state index contributed by atoms with van der Waals surface area (Å²) < 4.78 is 53.5. The van der Waals surface area contributed by atoms with Crippen molar-refractivity contribution in [3.05, 3.63) is 41.5 Å². The van der Waals surface area contributed by atoms with Crippen molar-refractivity contribution < 1.29 is 36.6 Å². The first-order valence-corrected chi connectivity index (χ1v) is 13.1. The number of ether oxygens (including phenoxy) is 3. The second-order valence-corrected chi connectivity index (χ2v) is 10.4. The third-order valence-corrected chi connectivity index (χ3v) is 6.51. The van der Waals surface area contributed by atoms with Crippen LogP contribution in [0.25, 0.3) is 0 Å². The number of rotatable bonds is 8. The summed E-state index contributed by atoms with van der Waals surface area (Å²) in [5, 5.41) is 4.99. The quantitative estimate of drug-likeness (QED) is 0.467. The lowest BCUT2D eigenvalue weighted by Crippen LogP contribution is -2.42. The smallest absolute Gasteiger partial charge is 0.410 e. The molecule has 0 saturated carbocycles. The molecule has 0 unspecified atom stereocenters. The Morgan fingerprint density at radius 1 is 1.19 bits per heavy atom. The van der Waals surface area contributed by atoms with Crippen LogP contribution in [0.5, 0.6) is 11.8 Å². The third kappa shape index (κ3) is 7.57. The van der Waals surface area contributed by atoms with E-state index in [4.69, 9.17) is 25.1 Å². The van der Waals surface area contributed by atoms with Crippen molar-refractivity contribution >= 4 is 22.1 Å². The summed E-state index contributed by atoms with van der Waals surface area (Å²) in [6, 6.07) is 1.82. The Morgan fingerprint density at radius 3 is 2.43 bits per heavy atom. The number of aromatic nitrogens is 2. The summed E-state index contributed by atoms with van der Waals surface area (Å²) in [4.78, 5) is 33.9. The molecule has 1 aliphatic heterocycles. The predicted molar refractivity (Wildman–Crippen MR) is 129 cm³/mol. The van der Waals surface area contributed by atoms with E-state index in [2.05, 4.69) is 9.97 Å². The second kappa shape index (κ2) is 11.8. The highest BCUT2D eigenvalue weighted by Gasteiger charge is 2.27. The molecule has 202 valence electrons. The summed E-state index contributed by atoms with van der Waals surface area (Å²) >= 11 is 0. The van der Waals surface area contributed by atoms with Crippen molar-refractivity contribution in [2.45, 2.75) is 63.2 Å². The van der Waals surface area contributed by atoms with Gasteiger partial charge in [-0.3, -0.25) is 0 Å². The zero-order valence-electron chi connectivity index (χ0n) is 20.7. The molecule has 1 aliphatic rings. The van der Waals surface area contributed by atoms with Crippen LogP contribution in [-0.4, -0.2) is 66.7 Å². The van der Waals surface area contributed by atoms with Crippen LogP contribution in [0.4, 0.5) is 9.18 Å². The summed E-state index contributed by atoms with van der Waals surface area (Å²) in [6.07, 6.45) is 1.27. The lowest BCUT2D eigenvalue weighted by molar-refractivity contribution is -0.136. The average Bonchev–Trinajstić information content (AvgIpc) is 2.82. The minimum atomic E-state index is -4.07. The summed E-state index contributed by atoms with van der Waals surface area (Å²) in [5.41, 5.74) is 6.28. The Kier molecular flexibility index (Phi) is 8.99. The number of benzene rings is 1. The molecule has 37 heavy (non-hydrogen) atoms. The zero-order chi connectivity index (χ0) is 27.3. The lowest BCUT2D eigenvalue weighted by atomic mass is 10.1. The van der Waals surface area contributed by atoms with E-state index in [-0.39, 0.29) is 42.0 Å². The van der Waals surface area contributed by atoms with E-state index in [9.17, 15) is 22.4 Å². The van der Waals surface area contributed by atoms with Crippen LogP contribution in [0.3, 0.4) is 0 Å². The number of amides is 1. The normalized spacial score (nSPS) is 15.4. The van der Waals surface area contributed by atoms with Gasteiger partial charge in [0.05, 0.1) is 16.6 Å². The van der Waals surface area contributed by atoms with Gasteiger partial charge in [0.15, 0.2) is 0 Å². The van der Waals surface area contributed by atoms with Gasteiger partial charge >= 0.3 is 12.1 Å². The molecule has 1 aromatic carbocycles. The molecule has 0 bridgehead atoms. The molecule has 0 radical (unpaired) electrons. The van der Waals surface area contributed by atoms with Gasteiger partial charge in [0, 0.05) is 32.4 Å². The fraction of sp³-hybridized carbons (Fsp3) is 0.478. The number of sulfonamides is 1. The standard InChI is InChI=1S/C23H30FN5O7S/c1-13(2)34-23(31)29-8-6-16(7-9-29)35-20-14(3)21(28-12-27-20)36-22(30)19(25)10-15-4-5-17(11-18(15)24)37(26,32)33/h4-5,11-13,16,19H,6-10,25H2,1-3H3,(H2,26,32,33)/t19-/m0/s1. The van der Waals surface area contributed by atoms with Gasteiger partial charge in [-0.05, 0) is 38.5 Å². The molecule has 0 spiro atoms. The highest BCUT2D eigenvalue weighted by Crippen LogP contribution is 2.26. The van der Waals surface area contributed by atoms with Crippen molar-refractivity contribution in [3.63, 3.8) is 0 Å². The van der Waals surface area contributed by atoms with E-state index in [1.54, 1.807) is 25.7 Å². The molecule has 2 heterocycles. The van der Waals surface area contributed by atoms with Crippen LogP contribution < -0.4 is 20.3 Å². The van der Waals surface area contributed by atoms with E-state index in [1.165, 1.54) is 12.4 Å². The number of nitrogens with zero attached hydrogens (tertiary/aromatic N) is 3. The van der Waals surface area contributed by atoms with Crippen molar-refractivity contribution in [1.82, 2.24) is 14.9 Å². The molecule has 12 nitrogen and oxygen atoms in total. The molecule has 1 fully saturated rings. The number of hydrogen-bond donors (Lipinski definition) is 2. The monoisotopic (exact) mass is 539 g/mol. The first kappa shape index (κ1) is 28.2. The van der Waals surface area contributed by atoms with Crippen LogP contribution in [0.15, 0.2) is 29.4 Å². The zero-order valence-corrected chi connectivity index (χ0v) is 21.5. The second-order valence-electron chi connectivity index (χ2n) is 8.88. The van der Waals surface area contributed by atoms with E-state index in [0.717, 1.165) is 12.1 Å². The number of likely N-dealkylation sites (tertiary alicyclic amines) is 1. The summed E-state index contributed by atoms with van der Waals surface area (Å²) in [5.74, 6) is -1.58. The van der Waals surface area contributed by atoms with E-state index >= 15 is 0 Å². The van der Waals surface area contributed by atoms with Crippen LogP contribution in [0.1, 0.15) is 37.8 Å². The topological polar surface area (TPSA) is 177 Å². The molecule has 1 aromatic heterocycles. The third-order valence-electron chi connectivity index (χ3n) is 5.60. The highest BCUT2D eigenvalue weighted by molar-refractivity contribution is 7.89. The Hall–Kier alpha value is -3.36. The number of piperidine rings is 1. The number of carbonyl (C=O) groups is 2. The molecule has 14 heteroatoms. The van der Waals surface area contributed by atoms with Crippen molar-refractivity contribution in [2.75, 3.05) is 13.1 Å². The van der Waals surface area contributed by atoms with Crippen molar-refractivity contribution in [3.8, 4) is 11.8 Å². The predicted octanol–water partition coefficient (Wildman–Crippen LogP) is 1.44. The van der Waals surface area contributed by atoms with E-state index in [0.29, 0.717) is 31.5 Å². The van der Waals surface area contributed by atoms with Crippen LogP contribution in [-0.2, 0) is 26.0 Å². The molecule has 0 aliphatic carbocycles. The molecule has 4 N–H and O–H groups in total. The summed E-state index contributed by atoms with van der Waals surface area (Å²) in [6.45, 7) is 6.12. The maximum Gasteiger partial charge on any atom is 0.410 e. The molecule has 1 atom stereocenters. The van der Waals surface area contributed by atoms with Crippen LogP contribution in [0, 0.1) is 12.7 Å². The Bertz CT molecular complexity index is 1250. The maximum atomic E-state index is 14.3. The number of carbonyl (C=O) groups excluding carboxylic acids is 2. The number of hydrogen-bond acceptors (Lipinski definition) is 10. The Labute approximate surface area is 214 Å². The van der Waals surface area contributed by atoms with Crippen molar-refractivity contribution in [2.24, 2.45) is 10.9 Å². The fourth-order valence-corrected chi connectivity index (χ4v) is 4.12. The van der Waals surface area contributed by atoms with Gasteiger partial charge in [0.2, 0.25) is 21.8 Å². The first-order valence-electron chi connectivity index (χ1n) is 11.6. The Balaban J connectivity index is 1.59. The molecule has 2 aromatic rings. The largest absolute Gasteiger partial charge is 0.474 e. The van der Waals surface area contributed by atoms with Gasteiger partial charge < -0.3 is 24.8 Å². The van der Waals surface area contributed by atoms with Gasteiger partial charge in [-0.1, -0.05) is 6.07 Å². The van der Waals surface area contributed by atoms with Gasteiger partial charge in [0.1, 0.15) is 24.3 Å². The van der Waals surface area contributed by atoms with E-state index in [1.807, 2.05) is 0 Å². The average molecular weight is 540 g/mol. The molecular weight excluding hydrogens is 509 g/mol. The minimum Gasteiger partial charge on any atom is -0.474 e. The number of primary sulfonamides is 1. The van der Waals surface area contributed by atoms with Gasteiger partial charge in [-0.25, -0.2) is 37.5 Å². The van der Waals surface area contributed by atoms with Crippen LogP contribution >= 0.6 is 0 Å². The van der Waals surface area contributed by atoms with Gasteiger partial charge in [-0.15, -0.1) is 0 Å². The lowest BCUT2D eigenvalue weighted by Gasteiger charge is -2.31. The number of esters is 1. The Morgan fingerprint density at radius 2 is 1.84 bits per heavy atom. The number of halogens is 1. The minimum absolute atomic E-state index is 0.0175. The van der Waals surface area contributed by atoms with Crippen LogP contribution in [0.2, 0.25) is 0 Å². The molecular formula is C23H30FN5O7S. The maximum absolute atomic E-state index is 14.3. The number of nitrogens with two attached hydrogens (primary N) is 2.